The molecule has 3 aliphatic rings. The molecule has 16 heteroatoms. The molecule has 0 aromatic carbocycles. The van der Waals surface area contributed by atoms with E-state index in [1.165, 1.54) is 6.92 Å². The largest absolute Gasteiger partial charge is 0.395 e. The van der Waals surface area contributed by atoms with Crippen molar-refractivity contribution in [2.75, 3.05) is 39.4 Å². The molecule has 1 aliphatic carbocycles. The van der Waals surface area contributed by atoms with Crippen LogP contribution in [-0.4, -0.2) is 143 Å². The van der Waals surface area contributed by atoms with Gasteiger partial charge in [0.25, 0.3) is 5.91 Å². The number of aliphatic hydroxyl groups is 5. The second-order valence-electron chi connectivity index (χ2n) is 11.7. The second kappa shape index (κ2) is 14.6. The van der Waals surface area contributed by atoms with Crippen LogP contribution in [-0.2, 0) is 23.7 Å². The molecule has 240 valence electrons. The summed E-state index contributed by atoms with van der Waals surface area (Å²) < 4.78 is 23.8. The lowest BCUT2D eigenvalue weighted by Gasteiger charge is -2.49. The Balaban J connectivity index is 1.80. The number of hydrogen-bond acceptors (Lipinski definition) is 15. The average molecular weight is 595 g/mol. The highest BCUT2D eigenvalue weighted by Crippen LogP contribution is 2.34. The van der Waals surface area contributed by atoms with Crippen LogP contribution in [0.15, 0.2) is 0 Å². The lowest BCUT2D eigenvalue weighted by Crippen LogP contribution is -2.69. The topological polar surface area (TPSA) is 283 Å². The van der Waals surface area contributed by atoms with Crippen molar-refractivity contribution in [3.63, 3.8) is 0 Å². The minimum Gasteiger partial charge on any atom is -0.395 e. The van der Waals surface area contributed by atoms with E-state index in [9.17, 15) is 25.2 Å². The normalized spacial score (nSPS) is 42.2. The monoisotopic (exact) mass is 594 g/mol. The molecule has 3 fully saturated rings. The third-order valence-corrected chi connectivity index (χ3v) is 8.49. The van der Waals surface area contributed by atoms with Gasteiger partial charge in [0.15, 0.2) is 18.2 Å². The predicted octanol–water partition coefficient (Wildman–Crippen LogP) is -5.50. The van der Waals surface area contributed by atoms with Crippen LogP contribution in [0.2, 0.25) is 0 Å². The molecule has 2 saturated heterocycles. The Bertz CT molecular complexity index is 839. The molecular weight excluding hydrogens is 544 g/mol. The fourth-order valence-electron chi connectivity index (χ4n) is 5.32. The van der Waals surface area contributed by atoms with Crippen molar-refractivity contribution in [1.29, 1.82) is 0 Å². The van der Waals surface area contributed by atoms with Crippen LogP contribution < -0.4 is 33.6 Å². The van der Waals surface area contributed by atoms with Gasteiger partial charge in [0.2, 0.25) is 0 Å². The summed E-state index contributed by atoms with van der Waals surface area (Å²) in [6, 6.07) is -2.31. The zero-order valence-electron chi connectivity index (χ0n) is 23.8. The molecule has 1 amide bonds. The highest BCUT2D eigenvalue weighted by Gasteiger charge is 2.51. The molecule has 2 aliphatic heterocycles. The fourth-order valence-corrected chi connectivity index (χ4v) is 5.32. The molecule has 0 radical (unpaired) electrons. The molecule has 6 unspecified atom stereocenters. The van der Waals surface area contributed by atoms with Gasteiger partial charge in [-0.25, -0.2) is 0 Å². The van der Waals surface area contributed by atoms with Gasteiger partial charge in [0.05, 0.1) is 37.0 Å². The van der Waals surface area contributed by atoms with Gasteiger partial charge in [-0.2, -0.15) is 0 Å². The first-order valence-electron chi connectivity index (χ1n) is 14.2. The Morgan fingerprint density at radius 2 is 1.73 bits per heavy atom. The summed E-state index contributed by atoms with van der Waals surface area (Å²) in [5.74, 6) is -1.52. The molecule has 0 aromatic rings. The number of nitrogens with one attached hydrogen (secondary N) is 2. The van der Waals surface area contributed by atoms with Gasteiger partial charge >= 0.3 is 0 Å². The number of ether oxygens (including phenoxy) is 4. The SMILES string of the molecule is C[C@@H]1C(O)[C@@H](OC2C(O)C(O[C@H]3O[C@H](CNCCO)CCC3N)[C@@H](N)C[C@H]2NC(=O)C(O)(CN)CN)OCC1(C)O. The number of rotatable bonds is 12. The smallest absolute Gasteiger partial charge is 0.254 e. The Kier molecular flexibility index (Phi) is 12.2. The maximum atomic E-state index is 12.9. The van der Waals surface area contributed by atoms with Gasteiger partial charge in [0, 0.05) is 38.1 Å². The molecule has 16 nitrogen and oxygen atoms in total. The van der Waals surface area contributed by atoms with E-state index < -0.39 is 91.2 Å². The van der Waals surface area contributed by atoms with Crippen molar-refractivity contribution >= 4 is 5.91 Å². The second-order valence-corrected chi connectivity index (χ2v) is 11.7. The van der Waals surface area contributed by atoms with E-state index in [0.717, 1.165) is 0 Å². The minimum absolute atomic E-state index is 0.0158. The standard InChI is InChI=1S/C25H50N6O10/c1-12-17(33)22(38-11-24(12,2)36)41-20-16(31-23(35)25(37,9-26)10-27)7-15(29)19(18(20)34)40-21-14(28)4-3-13(39-21)8-30-5-6-32/h12-22,30,32-34,36-37H,3-11,26-29H2,1-2H3,(H,31,35)/t12-,13+,14?,15+,16-,17?,18?,19?,20?,21-,22-,24?/m1/s1. The van der Waals surface area contributed by atoms with E-state index in [1.807, 2.05) is 0 Å². The first-order chi connectivity index (χ1) is 19.3. The number of carbonyl (C=O) groups is 1. The summed E-state index contributed by atoms with van der Waals surface area (Å²) in [5, 5.41) is 58.1. The van der Waals surface area contributed by atoms with Crippen LogP contribution in [0.3, 0.4) is 0 Å². The van der Waals surface area contributed by atoms with Crippen LogP contribution in [0.1, 0.15) is 33.1 Å². The molecular formula is C25H50N6O10. The van der Waals surface area contributed by atoms with Gasteiger partial charge in [-0.15, -0.1) is 0 Å². The maximum absolute atomic E-state index is 12.9. The minimum atomic E-state index is -2.07. The van der Waals surface area contributed by atoms with Crippen molar-refractivity contribution in [3.8, 4) is 0 Å². The summed E-state index contributed by atoms with van der Waals surface area (Å²) in [5.41, 5.74) is 20.5. The van der Waals surface area contributed by atoms with Gasteiger partial charge in [-0.3, -0.25) is 4.79 Å². The van der Waals surface area contributed by atoms with E-state index in [0.29, 0.717) is 25.9 Å². The quantitative estimate of drug-likeness (QED) is 0.0940. The van der Waals surface area contributed by atoms with Crippen molar-refractivity contribution in [3.05, 3.63) is 0 Å². The lowest BCUT2D eigenvalue weighted by atomic mass is 9.82. The summed E-state index contributed by atoms with van der Waals surface area (Å²) in [6.07, 6.45) is -6.17. The maximum Gasteiger partial charge on any atom is 0.254 e. The molecule has 1 saturated carbocycles. The van der Waals surface area contributed by atoms with E-state index >= 15 is 0 Å². The lowest BCUT2D eigenvalue weighted by molar-refractivity contribution is -0.314. The zero-order valence-corrected chi connectivity index (χ0v) is 23.8. The molecule has 2 heterocycles. The molecule has 0 bridgehead atoms. The number of hydrogen-bond donors (Lipinski definition) is 11. The summed E-state index contributed by atoms with van der Waals surface area (Å²) >= 11 is 0. The molecule has 12 atom stereocenters. The fraction of sp³-hybridized carbons (Fsp3) is 0.960. The molecule has 0 aromatic heterocycles. The highest BCUT2D eigenvalue weighted by atomic mass is 16.7. The van der Waals surface area contributed by atoms with Crippen molar-refractivity contribution in [2.24, 2.45) is 28.9 Å². The predicted molar refractivity (Wildman–Crippen MR) is 145 cm³/mol. The Labute approximate surface area is 240 Å². The van der Waals surface area contributed by atoms with Gasteiger partial charge in [-0.1, -0.05) is 6.92 Å². The third-order valence-electron chi connectivity index (χ3n) is 8.49. The van der Waals surface area contributed by atoms with Crippen LogP contribution in [0.5, 0.6) is 0 Å². The highest BCUT2D eigenvalue weighted by molar-refractivity contribution is 5.85. The molecule has 15 N–H and O–H groups in total. The molecule has 3 rings (SSSR count). The Morgan fingerprint density at radius 1 is 1.07 bits per heavy atom. The third kappa shape index (κ3) is 8.10. The summed E-state index contributed by atoms with van der Waals surface area (Å²) in [7, 11) is 0. The summed E-state index contributed by atoms with van der Waals surface area (Å²) in [6.45, 7) is 2.98. The first-order valence-corrected chi connectivity index (χ1v) is 14.2. The number of amides is 1. The van der Waals surface area contributed by atoms with E-state index in [2.05, 4.69) is 10.6 Å². The van der Waals surface area contributed by atoms with Crippen molar-refractivity contribution < 1.29 is 49.3 Å². The van der Waals surface area contributed by atoms with E-state index in [1.54, 1.807) is 6.92 Å². The van der Waals surface area contributed by atoms with Crippen LogP contribution in [0, 0.1) is 5.92 Å². The van der Waals surface area contributed by atoms with Gasteiger partial charge in [-0.05, 0) is 26.2 Å². The van der Waals surface area contributed by atoms with Crippen molar-refractivity contribution in [1.82, 2.24) is 10.6 Å². The van der Waals surface area contributed by atoms with Gasteiger partial charge < -0.3 is 78.0 Å². The first kappa shape index (κ1) is 34.4. The number of aliphatic hydroxyl groups excluding tert-OH is 3. The molecule has 0 spiro atoms. The van der Waals surface area contributed by atoms with E-state index in [-0.39, 0.29) is 25.7 Å². The Hall–Kier alpha value is -1.09. The summed E-state index contributed by atoms with van der Waals surface area (Å²) in [4.78, 5) is 12.9. The van der Waals surface area contributed by atoms with Crippen LogP contribution >= 0.6 is 0 Å². The van der Waals surface area contributed by atoms with Crippen molar-refractivity contribution in [2.45, 2.75) is 106 Å². The zero-order chi connectivity index (χ0) is 30.5. The molecule has 41 heavy (non-hydrogen) atoms. The average Bonchev–Trinajstić information content (AvgIpc) is 2.94. The van der Waals surface area contributed by atoms with E-state index in [4.69, 9.17) is 47.0 Å². The van der Waals surface area contributed by atoms with Crippen LogP contribution in [0.25, 0.3) is 0 Å². The Morgan fingerprint density at radius 3 is 2.37 bits per heavy atom. The van der Waals surface area contributed by atoms with Gasteiger partial charge in [0.1, 0.15) is 24.4 Å². The number of carbonyl (C=O) groups excluding carboxylic acids is 1. The number of nitrogens with two attached hydrogens (primary N) is 4. The van der Waals surface area contributed by atoms with Crippen LogP contribution in [0.4, 0.5) is 0 Å².